The van der Waals surface area contributed by atoms with Crippen LogP contribution < -0.4 is 5.32 Å². The van der Waals surface area contributed by atoms with Crippen LogP contribution in [0.5, 0.6) is 0 Å². The molecule has 2 nitrogen and oxygen atoms in total. The number of ketones is 1. The van der Waals surface area contributed by atoms with Gasteiger partial charge < -0.3 is 5.32 Å². The summed E-state index contributed by atoms with van der Waals surface area (Å²) in [6.45, 7) is 2.97. The van der Waals surface area contributed by atoms with Gasteiger partial charge in [-0.05, 0) is 50.4 Å². The Morgan fingerprint density at radius 2 is 2.06 bits per heavy atom. The number of hydrogen-bond acceptors (Lipinski definition) is 2. The third-order valence-corrected chi connectivity index (χ3v) is 3.76. The van der Waals surface area contributed by atoms with Crippen LogP contribution in [0.3, 0.4) is 0 Å². The van der Waals surface area contributed by atoms with Crippen LogP contribution in [0.1, 0.15) is 31.7 Å². The van der Waals surface area contributed by atoms with Crippen LogP contribution >= 0.6 is 11.6 Å². The highest BCUT2D eigenvalue weighted by Gasteiger charge is 2.33. The van der Waals surface area contributed by atoms with Gasteiger partial charge in [0.1, 0.15) is 0 Å². The van der Waals surface area contributed by atoms with Gasteiger partial charge in [-0.3, -0.25) is 4.79 Å². The van der Waals surface area contributed by atoms with Crippen LogP contribution in [0.25, 0.3) is 0 Å². The summed E-state index contributed by atoms with van der Waals surface area (Å²) in [4.78, 5) is 12.3. The van der Waals surface area contributed by atoms with Crippen molar-refractivity contribution in [1.29, 1.82) is 0 Å². The predicted molar refractivity (Wildman–Crippen MR) is 70.4 cm³/mol. The maximum absolute atomic E-state index is 12.3. The topological polar surface area (TPSA) is 29.1 Å². The second-order valence-corrected chi connectivity index (χ2v) is 5.38. The Morgan fingerprint density at radius 3 is 2.65 bits per heavy atom. The lowest BCUT2D eigenvalue weighted by Gasteiger charge is -2.33. The number of carbonyl (C=O) groups excluding carboxylic acids is 1. The van der Waals surface area contributed by atoms with Crippen LogP contribution in [0.2, 0.25) is 5.02 Å². The highest BCUT2D eigenvalue weighted by Crippen LogP contribution is 2.22. The van der Waals surface area contributed by atoms with Crippen LogP contribution in [0.4, 0.5) is 0 Å². The van der Waals surface area contributed by atoms with E-state index in [2.05, 4.69) is 5.32 Å². The highest BCUT2D eigenvalue weighted by molar-refractivity contribution is 6.30. The van der Waals surface area contributed by atoms with Gasteiger partial charge in [-0.15, -0.1) is 0 Å². The van der Waals surface area contributed by atoms with Crippen molar-refractivity contribution in [3.8, 4) is 0 Å². The Balaban J connectivity index is 2.03. The van der Waals surface area contributed by atoms with E-state index in [1.807, 2.05) is 31.2 Å². The third kappa shape index (κ3) is 3.08. The monoisotopic (exact) mass is 251 g/mol. The lowest BCUT2D eigenvalue weighted by atomic mass is 9.84. The average Bonchev–Trinajstić information content (AvgIpc) is 2.33. The van der Waals surface area contributed by atoms with Gasteiger partial charge in [-0.2, -0.15) is 0 Å². The molecule has 1 aromatic carbocycles. The minimum atomic E-state index is -0.335. The van der Waals surface area contributed by atoms with E-state index in [-0.39, 0.29) is 11.3 Å². The molecule has 1 heterocycles. The molecule has 0 bridgehead atoms. The fourth-order valence-electron chi connectivity index (χ4n) is 2.28. The highest BCUT2D eigenvalue weighted by atomic mass is 35.5. The van der Waals surface area contributed by atoms with Gasteiger partial charge in [0.25, 0.3) is 0 Å². The molecule has 92 valence electrons. The van der Waals surface area contributed by atoms with Gasteiger partial charge in [-0.25, -0.2) is 0 Å². The summed E-state index contributed by atoms with van der Waals surface area (Å²) in [5, 5.41) is 4.06. The zero-order chi connectivity index (χ0) is 12.3. The molecule has 1 aliphatic heterocycles. The number of halogens is 1. The molecule has 0 saturated carbocycles. The molecule has 1 aliphatic rings. The molecule has 0 aliphatic carbocycles. The molecule has 3 heteroatoms. The van der Waals surface area contributed by atoms with Crippen molar-refractivity contribution in [2.75, 3.05) is 6.54 Å². The first-order chi connectivity index (χ1) is 8.10. The minimum absolute atomic E-state index is 0.277. The molecule has 1 N–H and O–H groups in total. The standard InChI is InChI=1S/C14H18ClNO/c1-14(8-2-3-9-16-14)13(17)10-11-4-6-12(15)7-5-11/h4-7,16H,2-3,8-10H2,1H3. The number of rotatable bonds is 3. The lowest BCUT2D eigenvalue weighted by molar-refractivity contribution is -0.125. The van der Waals surface area contributed by atoms with Crippen molar-refractivity contribution in [3.63, 3.8) is 0 Å². The molecule has 1 saturated heterocycles. The minimum Gasteiger partial charge on any atom is -0.305 e. The number of Topliss-reactive ketones (excluding diaryl/α,β-unsaturated/α-hetero) is 1. The van der Waals surface area contributed by atoms with Crippen molar-refractivity contribution in [1.82, 2.24) is 5.32 Å². The fraction of sp³-hybridized carbons (Fsp3) is 0.500. The molecular weight excluding hydrogens is 234 g/mol. The first kappa shape index (κ1) is 12.6. The molecule has 17 heavy (non-hydrogen) atoms. The van der Waals surface area contributed by atoms with Gasteiger partial charge in [0.05, 0.1) is 5.54 Å². The molecule has 1 atom stereocenters. The van der Waals surface area contributed by atoms with E-state index in [1.54, 1.807) is 0 Å². The zero-order valence-corrected chi connectivity index (χ0v) is 10.9. The van der Waals surface area contributed by atoms with E-state index in [1.165, 1.54) is 6.42 Å². The van der Waals surface area contributed by atoms with Gasteiger partial charge in [0, 0.05) is 11.4 Å². The van der Waals surface area contributed by atoms with Crippen molar-refractivity contribution in [2.24, 2.45) is 0 Å². The Hall–Kier alpha value is -0.860. The maximum atomic E-state index is 12.3. The Bertz CT molecular complexity index is 393. The molecule has 1 aromatic rings. The van der Waals surface area contributed by atoms with Crippen molar-refractivity contribution in [2.45, 2.75) is 38.1 Å². The number of nitrogens with one attached hydrogen (secondary N) is 1. The summed E-state index contributed by atoms with van der Waals surface area (Å²) < 4.78 is 0. The van der Waals surface area contributed by atoms with E-state index in [0.717, 1.165) is 24.9 Å². The molecule has 0 amide bonds. The molecule has 0 spiro atoms. The quantitative estimate of drug-likeness (QED) is 0.895. The van der Waals surface area contributed by atoms with Crippen LogP contribution in [-0.4, -0.2) is 17.9 Å². The molecule has 1 unspecified atom stereocenters. The molecular formula is C14H18ClNO. The van der Waals surface area contributed by atoms with E-state index in [9.17, 15) is 4.79 Å². The largest absolute Gasteiger partial charge is 0.305 e. The lowest BCUT2D eigenvalue weighted by Crippen LogP contribution is -2.52. The Labute approximate surface area is 107 Å². The van der Waals surface area contributed by atoms with Gasteiger partial charge in [0.15, 0.2) is 5.78 Å². The summed E-state index contributed by atoms with van der Waals surface area (Å²) in [5.41, 5.74) is 0.700. The fourth-order valence-corrected chi connectivity index (χ4v) is 2.40. The predicted octanol–water partition coefficient (Wildman–Crippen LogP) is 2.98. The Kier molecular flexibility index (Phi) is 3.85. The number of benzene rings is 1. The number of hydrogen-bond donors (Lipinski definition) is 1. The van der Waals surface area contributed by atoms with Crippen LogP contribution in [-0.2, 0) is 11.2 Å². The summed E-state index contributed by atoms with van der Waals surface area (Å²) in [7, 11) is 0. The average molecular weight is 252 g/mol. The first-order valence-corrected chi connectivity index (χ1v) is 6.51. The molecule has 2 rings (SSSR count). The summed E-state index contributed by atoms with van der Waals surface area (Å²) in [5.74, 6) is 0.277. The maximum Gasteiger partial charge on any atom is 0.156 e. The third-order valence-electron chi connectivity index (χ3n) is 3.51. The summed E-state index contributed by atoms with van der Waals surface area (Å²) in [6, 6.07) is 7.51. The van der Waals surface area contributed by atoms with E-state index in [4.69, 9.17) is 11.6 Å². The number of piperidine rings is 1. The second-order valence-electron chi connectivity index (χ2n) is 4.94. The smallest absolute Gasteiger partial charge is 0.156 e. The zero-order valence-electron chi connectivity index (χ0n) is 10.1. The van der Waals surface area contributed by atoms with E-state index >= 15 is 0 Å². The van der Waals surface area contributed by atoms with Gasteiger partial charge in [0.2, 0.25) is 0 Å². The second kappa shape index (κ2) is 5.19. The summed E-state index contributed by atoms with van der Waals surface area (Å²) >= 11 is 5.83. The SMILES string of the molecule is CC1(C(=O)Cc2ccc(Cl)cc2)CCCCN1. The van der Waals surface area contributed by atoms with Crippen molar-refractivity contribution >= 4 is 17.4 Å². The van der Waals surface area contributed by atoms with Crippen LogP contribution in [0.15, 0.2) is 24.3 Å². The molecule has 0 aromatic heterocycles. The molecule has 1 fully saturated rings. The normalized spacial score (nSPS) is 24.6. The molecule has 0 radical (unpaired) electrons. The van der Waals surface area contributed by atoms with Crippen LogP contribution in [0, 0.1) is 0 Å². The summed E-state index contributed by atoms with van der Waals surface area (Å²) in [6.07, 6.45) is 3.74. The van der Waals surface area contributed by atoms with Crippen molar-refractivity contribution < 1.29 is 4.79 Å². The van der Waals surface area contributed by atoms with Gasteiger partial charge >= 0.3 is 0 Å². The van der Waals surface area contributed by atoms with Crippen molar-refractivity contribution in [3.05, 3.63) is 34.9 Å². The van der Waals surface area contributed by atoms with E-state index < -0.39 is 0 Å². The van der Waals surface area contributed by atoms with Gasteiger partial charge in [-0.1, -0.05) is 23.7 Å². The first-order valence-electron chi connectivity index (χ1n) is 6.13. The Morgan fingerprint density at radius 1 is 1.35 bits per heavy atom. The van der Waals surface area contributed by atoms with E-state index in [0.29, 0.717) is 11.4 Å². The number of carbonyl (C=O) groups is 1.